The second kappa shape index (κ2) is 11.1. The third-order valence-electron chi connectivity index (χ3n) is 4.81. The van der Waals surface area contributed by atoms with E-state index in [0.29, 0.717) is 6.61 Å². The number of carbonyl (C=O) groups excluding carboxylic acids is 3. The molecule has 31 heavy (non-hydrogen) atoms. The zero-order valence-corrected chi connectivity index (χ0v) is 18.9. The fraction of sp³-hybridized carbons (Fsp3) is 0.609. The van der Waals surface area contributed by atoms with E-state index in [1.807, 2.05) is 30.3 Å². The minimum Gasteiger partial charge on any atom is -0.466 e. The molecule has 1 aromatic carbocycles. The fourth-order valence-electron chi connectivity index (χ4n) is 3.51. The lowest BCUT2D eigenvalue weighted by Crippen LogP contribution is -2.46. The van der Waals surface area contributed by atoms with Crippen LogP contribution in [0.15, 0.2) is 30.3 Å². The van der Waals surface area contributed by atoms with E-state index in [1.54, 1.807) is 34.6 Å². The number of carbonyl (C=O) groups is 3. The molecule has 1 aliphatic rings. The summed E-state index contributed by atoms with van der Waals surface area (Å²) in [4.78, 5) is 37.4. The van der Waals surface area contributed by atoms with Crippen LogP contribution in [0.25, 0.3) is 0 Å². The zero-order valence-electron chi connectivity index (χ0n) is 18.9. The van der Waals surface area contributed by atoms with Crippen molar-refractivity contribution in [2.24, 2.45) is 17.8 Å². The van der Waals surface area contributed by atoms with Crippen LogP contribution in [0.2, 0.25) is 0 Å². The lowest BCUT2D eigenvalue weighted by Gasteiger charge is -2.23. The minimum absolute atomic E-state index is 0.150. The summed E-state index contributed by atoms with van der Waals surface area (Å²) >= 11 is 0. The predicted octanol–water partition coefficient (Wildman–Crippen LogP) is 3.08. The number of nitrogens with one attached hydrogen (secondary N) is 1. The molecule has 0 bridgehead atoms. The molecular weight excluding hydrogens is 402 g/mol. The van der Waals surface area contributed by atoms with Crippen LogP contribution in [0, 0.1) is 17.8 Å². The van der Waals surface area contributed by atoms with Gasteiger partial charge in [0.2, 0.25) is 0 Å². The number of hydrogen-bond donors (Lipinski definition) is 1. The van der Waals surface area contributed by atoms with Gasteiger partial charge < -0.3 is 24.3 Å². The summed E-state index contributed by atoms with van der Waals surface area (Å²) in [6.45, 7) is 9.58. The first-order chi connectivity index (χ1) is 14.7. The van der Waals surface area contributed by atoms with E-state index >= 15 is 0 Å². The Morgan fingerprint density at radius 1 is 1.03 bits per heavy atom. The molecule has 2 rings (SSSR count). The molecule has 4 atom stereocenters. The number of ether oxygens (including phenoxy) is 4. The van der Waals surface area contributed by atoms with Gasteiger partial charge in [-0.15, -0.1) is 0 Å². The third-order valence-corrected chi connectivity index (χ3v) is 4.81. The summed E-state index contributed by atoms with van der Waals surface area (Å²) in [7, 11) is 0. The summed E-state index contributed by atoms with van der Waals surface area (Å²) in [6, 6.07) is 8.61. The Kier molecular flexibility index (Phi) is 8.86. The summed E-state index contributed by atoms with van der Waals surface area (Å²) in [5, 5.41) is 2.59. The second-order valence-electron chi connectivity index (χ2n) is 8.40. The smallest absolute Gasteiger partial charge is 0.408 e. The van der Waals surface area contributed by atoms with Crippen molar-refractivity contribution in [1.29, 1.82) is 0 Å². The average Bonchev–Trinajstić information content (AvgIpc) is 3.39. The van der Waals surface area contributed by atoms with Crippen molar-refractivity contribution in [3.8, 4) is 0 Å². The Morgan fingerprint density at radius 2 is 1.68 bits per heavy atom. The molecule has 0 aliphatic heterocycles. The van der Waals surface area contributed by atoms with Gasteiger partial charge in [0, 0.05) is 11.8 Å². The van der Waals surface area contributed by atoms with Crippen molar-refractivity contribution < 1.29 is 33.3 Å². The van der Waals surface area contributed by atoms with Crippen LogP contribution in [0.3, 0.4) is 0 Å². The van der Waals surface area contributed by atoms with Gasteiger partial charge in [-0.1, -0.05) is 30.3 Å². The van der Waals surface area contributed by atoms with Gasteiger partial charge in [0.05, 0.1) is 32.3 Å². The SMILES string of the molecule is CCOC(=O)[C@H]1[C@H](COCc2ccccc2)[C@@H]1[C@H](NC(=O)OC(C)(C)C)C(=O)OCC. The van der Waals surface area contributed by atoms with Gasteiger partial charge in [0.25, 0.3) is 0 Å². The summed E-state index contributed by atoms with van der Waals surface area (Å²) in [6.07, 6.45) is -0.746. The number of rotatable bonds is 10. The first-order valence-corrected chi connectivity index (χ1v) is 10.6. The van der Waals surface area contributed by atoms with Crippen molar-refractivity contribution in [3.05, 3.63) is 35.9 Å². The molecule has 1 N–H and O–H groups in total. The summed E-state index contributed by atoms with van der Waals surface area (Å²) in [5.74, 6) is -2.38. The summed E-state index contributed by atoms with van der Waals surface area (Å²) < 4.78 is 21.4. The summed E-state index contributed by atoms with van der Waals surface area (Å²) in [5.41, 5.74) is 0.271. The maximum atomic E-state index is 12.6. The lowest BCUT2D eigenvalue weighted by molar-refractivity contribution is -0.147. The van der Waals surface area contributed by atoms with Crippen LogP contribution in [0.1, 0.15) is 40.2 Å². The normalized spacial score (nSPS) is 21.0. The fourth-order valence-corrected chi connectivity index (χ4v) is 3.51. The van der Waals surface area contributed by atoms with Crippen molar-refractivity contribution in [2.75, 3.05) is 19.8 Å². The molecule has 0 saturated heterocycles. The van der Waals surface area contributed by atoms with E-state index in [4.69, 9.17) is 18.9 Å². The molecule has 8 heteroatoms. The Bertz CT molecular complexity index is 744. The lowest BCUT2D eigenvalue weighted by atomic mass is 10.1. The van der Waals surface area contributed by atoms with Crippen molar-refractivity contribution >= 4 is 18.0 Å². The Labute approximate surface area is 183 Å². The minimum atomic E-state index is -1.03. The van der Waals surface area contributed by atoms with Crippen LogP contribution in [-0.2, 0) is 35.1 Å². The van der Waals surface area contributed by atoms with Gasteiger partial charge in [-0.05, 0) is 40.2 Å². The number of benzene rings is 1. The molecule has 172 valence electrons. The van der Waals surface area contributed by atoms with Gasteiger partial charge in [0.15, 0.2) is 0 Å². The molecule has 1 saturated carbocycles. The van der Waals surface area contributed by atoms with Crippen molar-refractivity contribution in [1.82, 2.24) is 5.32 Å². The topological polar surface area (TPSA) is 100 Å². The van der Waals surface area contributed by atoms with E-state index in [1.165, 1.54) is 0 Å². The predicted molar refractivity (Wildman–Crippen MR) is 113 cm³/mol. The van der Waals surface area contributed by atoms with Gasteiger partial charge in [0.1, 0.15) is 11.6 Å². The first kappa shape index (κ1) is 24.7. The van der Waals surface area contributed by atoms with E-state index in [2.05, 4.69) is 5.32 Å². The highest BCUT2D eigenvalue weighted by Crippen LogP contribution is 2.50. The first-order valence-electron chi connectivity index (χ1n) is 10.6. The quantitative estimate of drug-likeness (QED) is 0.445. The van der Waals surface area contributed by atoms with Crippen LogP contribution in [-0.4, -0.2) is 49.5 Å². The average molecular weight is 436 g/mol. The molecule has 1 aromatic rings. The van der Waals surface area contributed by atoms with Crippen LogP contribution < -0.4 is 5.32 Å². The molecule has 0 spiro atoms. The van der Waals surface area contributed by atoms with E-state index < -0.39 is 41.5 Å². The Morgan fingerprint density at radius 3 is 2.26 bits per heavy atom. The molecule has 0 aromatic heterocycles. The van der Waals surface area contributed by atoms with E-state index in [-0.39, 0.29) is 25.7 Å². The van der Waals surface area contributed by atoms with Gasteiger partial charge in [-0.2, -0.15) is 0 Å². The van der Waals surface area contributed by atoms with Gasteiger partial charge in [-0.25, -0.2) is 9.59 Å². The monoisotopic (exact) mass is 435 g/mol. The highest BCUT2D eigenvalue weighted by Gasteiger charge is 2.61. The zero-order chi connectivity index (χ0) is 23.0. The maximum absolute atomic E-state index is 12.6. The second-order valence-corrected chi connectivity index (χ2v) is 8.40. The van der Waals surface area contributed by atoms with Gasteiger partial charge in [-0.3, -0.25) is 4.79 Å². The highest BCUT2D eigenvalue weighted by molar-refractivity contribution is 5.85. The van der Waals surface area contributed by atoms with Crippen LogP contribution >= 0.6 is 0 Å². The largest absolute Gasteiger partial charge is 0.466 e. The van der Waals surface area contributed by atoms with E-state index in [0.717, 1.165) is 5.56 Å². The van der Waals surface area contributed by atoms with E-state index in [9.17, 15) is 14.4 Å². The standard InChI is InChI=1S/C23H33NO7/c1-6-29-20(25)18-16(14-28-13-15-11-9-8-10-12-15)17(18)19(21(26)30-7-2)24-22(27)31-23(3,4)5/h8-12,16-19H,6-7,13-14H2,1-5H3,(H,24,27)/t16-,17+,18+,19+/m1/s1. The van der Waals surface area contributed by atoms with Crippen molar-refractivity contribution in [3.63, 3.8) is 0 Å². The van der Waals surface area contributed by atoms with Crippen LogP contribution in [0.4, 0.5) is 4.79 Å². The molecule has 1 fully saturated rings. The molecule has 1 aliphatic carbocycles. The molecule has 8 nitrogen and oxygen atoms in total. The number of amides is 1. The highest BCUT2D eigenvalue weighted by atomic mass is 16.6. The Balaban J connectivity index is 2.11. The molecular formula is C23H33NO7. The number of alkyl carbamates (subject to hydrolysis) is 1. The molecule has 0 unspecified atom stereocenters. The third kappa shape index (κ3) is 7.54. The van der Waals surface area contributed by atoms with Gasteiger partial charge >= 0.3 is 18.0 Å². The number of esters is 2. The van der Waals surface area contributed by atoms with Crippen molar-refractivity contribution in [2.45, 2.75) is 52.9 Å². The Hall–Kier alpha value is -2.61. The van der Waals surface area contributed by atoms with Crippen LogP contribution in [0.5, 0.6) is 0 Å². The molecule has 0 heterocycles. The molecule has 0 radical (unpaired) electrons. The molecule has 1 amide bonds. The number of hydrogen-bond acceptors (Lipinski definition) is 7. The maximum Gasteiger partial charge on any atom is 0.408 e.